The van der Waals surface area contributed by atoms with Crippen molar-refractivity contribution >= 4 is 19.9 Å². The summed E-state index contributed by atoms with van der Waals surface area (Å²) in [5.41, 5.74) is 0.833. The van der Waals surface area contributed by atoms with Crippen LogP contribution >= 0.6 is 0 Å². The van der Waals surface area contributed by atoms with Gasteiger partial charge in [-0.15, -0.1) is 0 Å². The van der Waals surface area contributed by atoms with Gasteiger partial charge in [0.1, 0.15) is 0 Å². The highest BCUT2D eigenvalue weighted by molar-refractivity contribution is 7.91. The Labute approximate surface area is 137 Å². The largest absolute Gasteiger partial charge is 0.481 e. The number of pyridine rings is 1. The van der Waals surface area contributed by atoms with Crippen LogP contribution in [0.1, 0.15) is 18.4 Å². The number of nitrogens with zero attached hydrogens (tertiary/aromatic N) is 1. The van der Waals surface area contributed by atoms with Gasteiger partial charge in [0.2, 0.25) is 15.9 Å². The van der Waals surface area contributed by atoms with Crippen LogP contribution in [0.3, 0.4) is 0 Å². The van der Waals surface area contributed by atoms with E-state index in [9.17, 15) is 16.8 Å². The summed E-state index contributed by atoms with van der Waals surface area (Å²) in [5, 5.41) is 0. The third kappa shape index (κ3) is 5.74. The van der Waals surface area contributed by atoms with Crippen LogP contribution in [0.25, 0.3) is 0 Å². The third-order valence-electron chi connectivity index (χ3n) is 3.88. The molecule has 2 heterocycles. The zero-order chi connectivity index (χ0) is 16.9. The highest BCUT2D eigenvalue weighted by Gasteiger charge is 2.28. The summed E-state index contributed by atoms with van der Waals surface area (Å²) >= 11 is 0. The van der Waals surface area contributed by atoms with E-state index in [1.807, 2.05) is 6.07 Å². The van der Waals surface area contributed by atoms with Gasteiger partial charge < -0.3 is 4.74 Å². The van der Waals surface area contributed by atoms with E-state index in [0.717, 1.165) is 5.56 Å². The van der Waals surface area contributed by atoms with E-state index in [1.54, 1.807) is 12.3 Å². The molecule has 0 aromatic carbocycles. The fourth-order valence-electron chi connectivity index (χ4n) is 2.63. The number of hydrogen-bond donors (Lipinski definition) is 1. The number of sulfone groups is 1. The van der Waals surface area contributed by atoms with E-state index < -0.39 is 19.9 Å². The maximum Gasteiger partial charge on any atom is 0.216 e. The summed E-state index contributed by atoms with van der Waals surface area (Å²) < 4.78 is 54.4. The fraction of sp³-hybridized carbons (Fsp3) is 0.643. The van der Waals surface area contributed by atoms with Crippen molar-refractivity contribution in [1.82, 2.24) is 9.71 Å². The first-order valence-corrected chi connectivity index (χ1v) is 10.9. The first kappa shape index (κ1) is 18.2. The molecule has 7 nitrogen and oxygen atoms in total. The van der Waals surface area contributed by atoms with Crippen LogP contribution in [0.4, 0.5) is 0 Å². The maximum absolute atomic E-state index is 12.0. The smallest absolute Gasteiger partial charge is 0.216 e. The molecular weight excluding hydrogens is 340 g/mol. The SMILES string of the molecule is COc1ncccc1CCNS(=O)(=O)CCC1CCS(=O)(=O)C1. The third-order valence-corrected chi connectivity index (χ3v) is 7.14. The molecule has 9 heteroatoms. The predicted octanol–water partition coefficient (Wildman–Crippen LogP) is 0.377. The fourth-order valence-corrected chi connectivity index (χ4v) is 5.74. The number of rotatable bonds is 8. The predicted molar refractivity (Wildman–Crippen MR) is 87.7 cm³/mol. The van der Waals surface area contributed by atoms with Gasteiger partial charge in [-0.25, -0.2) is 26.5 Å². The Morgan fingerprint density at radius 1 is 1.43 bits per heavy atom. The van der Waals surface area contributed by atoms with Crippen LogP contribution < -0.4 is 9.46 Å². The van der Waals surface area contributed by atoms with Crippen LogP contribution in [0.2, 0.25) is 0 Å². The number of aromatic nitrogens is 1. The van der Waals surface area contributed by atoms with Gasteiger partial charge in [0.25, 0.3) is 0 Å². The van der Waals surface area contributed by atoms with Crippen molar-refractivity contribution in [3.05, 3.63) is 23.9 Å². The molecule has 1 saturated heterocycles. The number of ether oxygens (including phenoxy) is 1. The molecule has 0 bridgehead atoms. The molecule has 130 valence electrons. The molecule has 0 amide bonds. The van der Waals surface area contributed by atoms with Crippen LogP contribution in [-0.4, -0.2) is 52.7 Å². The minimum atomic E-state index is -3.40. The summed E-state index contributed by atoms with van der Waals surface area (Å²) in [7, 11) is -4.84. The Hall–Kier alpha value is -1.19. The zero-order valence-electron chi connectivity index (χ0n) is 13.1. The Morgan fingerprint density at radius 3 is 2.87 bits per heavy atom. The second kappa shape index (κ2) is 7.59. The first-order chi connectivity index (χ1) is 10.8. The van der Waals surface area contributed by atoms with Gasteiger partial charge >= 0.3 is 0 Å². The molecule has 1 N–H and O–H groups in total. The molecule has 0 spiro atoms. The van der Waals surface area contributed by atoms with E-state index in [2.05, 4.69) is 9.71 Å². The molecule has 1 unspecified atom stereocenters. The Balaban J connectivity index is 1.78. The van der Waals surface area contributed by atoms with Crippen molar-refractivity contribution in [1.29, 1.82) is 0 Å². The molecule has 1 fully saturated rings. The summed E-state index contributed by atoms with van der Waals surface area (Å²) in [4.78, 5) is 4.06. The summed E-state index contributed by atoms with van der Waals surface area (Å²) in [5.74, 6) is 0.677. The van der Waals surface area contributed by atoms with Gasteiger partial charge in [-0.2, -0.15) is 0 Å². The van der Waals surface area contributed by atoms with Gasteiger partial charge in [-0.05, 0) is 31.2 Å². The maximum atomic E-state index is 12.0. The molecule has 1 aromatic heterocycles. The highest BCUT2D eigenvalue weighted by atomic mass is 32.2. The summed E-state index contributed by atoms with van der Waals surface area (Å²) in [6.45, 7) is 0.257. The van der Waals surface area contributed by atoms with Crippen molar-refractivity contribution in [3.8, 4) is 5.88 Å². The quantitative estimate of drug-likeness (QED) is 0.717. The van der Waals surface area contributed by atoms with Crippen molar-refractivity contribution in [2.75, 3.05) is 30.9 Å². The molecule has 0 saturated carbocycles. The van der Waals surface area contributed by atoms with E-state index in [1.165, 1.54) is 7.11 Å². The van der Waals surface area contributed by atoms with Crippen molar-refractivity contribution in [3.63, 3.8) is 0 Å². The molecular formula is C14H22N2O5S2. The van der Waals surface area contributed by atoms with Gasteiger partial charge in [0, 0.05) is 18.3 Å². The normalized spacial score (nSPS) is 20.5. The Bertz CT molecular complexity index is 731. The van der Waals surface area contributed by atoms with E-state index in [-0.39, 0.29) is 29.7 Å². The van der Waals surface area contributed by atoms with Gasteiger partial charge in [0.15, 0.2) is 9.84 Å². The van der Waals surface area contributed by atoms with E-state index in [0.29, 0.717) is 25.1 Å². The lowest BCUT2D eigenvalue weighted by atomic mass is 10.1. The van der Waals surface area contributed by atoms with Crippen LogP contribution in [0.5, 0.6) is 5.88 Å². The molecule has 1 aliphatic heterocycles. The minimum absolute atomic E-state index is 0.0443. The average molecular weight is 362 g/mol. The molecule has 1 aromatic rings. The Morgan fingerprint density at radius 2 is 2.22 bits per heavy atom. The van der Waals surface area contributed by atoms with E-state index >= 15 is 0 Å². The first-order valence-electron chi connectivity index (χ1n) is 7.47. The molecule has 2 rings (SSSR count). The second-order valence-electron chi connectivity index (χ2n) is 5.69. The van der Waals surface area contributed by atoms with Crippen LogP contribution in [0, 0.1) is 5.92 Å². The average Bonchev–Trinajstić information content (AvgIpc) is 2.85. The van der Waals surface area contributed by atoms with Gasteiger partial charge in [-0.1, -0.05) is 6.07 Å². The van der Waals surface area contributed by atoms with Crippen molar-refractivity contribution in [2.24, 2.45) is 5.92 Å². The number of hydrogen-bond acceptors (Lipinski definition) is 6. The second-order valence-corrected chi connectivity index (χ2v) is 9.85. The number of sulfonamides is 1. The lowest BCUT2D eigenvalue weighted by molar-refractivity contribution is 0.392. The number of nitrogens with one attached hydrogen (secondary N) is 1. The van der Waals surface area contributed by atoms with Gasteiger partial charge in [-0.3, -0.25) is 0 Å². The monoisotopic (exact) mass is 362 g/mol. The molecule has 0 radical (unpaired) electrons. The topological polar surface area (TPSA) is 102 Å². The van der Waals surface area contributed by atoms with Crippen LogP contribution in [0.15, 0.2) is 18.3 Å². The van der Waals surface area contributed by atoms with Crippen molar-refractivity contribution in [2.45, 2.75) is 19.3 Å². The van der Waals surface area contributed by atoms with Crippen molar-refractivity contribution < 1.29 is 21.6 Å². The summed E-state index contributed by atoms with van der Waals surface area (Å²) in [6, 6.07) is 3.61. The molecule has 23 heavy (non-hydrogen) atoms. The lowest BCUT2D eigenvalue weighted by Gasteiger charge is -2.10. The molecule has 1 aliphatic rings. The lowest BCUT2D eigenvalue weighted by Crippen LogP contribution is -2.29. The molecule has 1 atom stereocenters. The van der Waals surface area contributed by atoms with Gasteiger partial charge in [0.05, 0.1) is 24.4 Å². The van der Waals surface area contributed by atoms with E-state index in [4.69, 9.17) is 4.74 Å². The Kier molecular flexibility index (Phi) is 5.99. The number of methoxy groups -OCH3 is 1. The summed E-state index contributed by atoms with van der Waals surface area (Å²) in [6.07, 6.45) is 3.03. The zero-order valence-corrected chi connectivity index (χ0v) is 14.7. The highest BCUT2D eigenvalue weighted by Crippen LogP contribution is 2.22. The molecule has 0 aliphatic carbocycles. The van der Waals surface area contributed by atoms with Crippen LogP contribution in [-0.2, 0) is 26.3 Å². The standard InChI is InChI=1S/C14H22N2O5S2/c1-21-14-13(3-2-7-15-14)4-8-16-23(19,20)10-6-12-5-9-22(17,18)11-12/h2-3,7,12,16H,4-6,8-11H2,1H3. The minimum Gasteiger partial charge on any atom is -0.481 e.